The van der Waals surface area contributed by atoms with Crippen LogP contribution in [0, 0.1) is 23.7 Å². The summed E-state index contributed by atoms with van der Waals surface area (Å²) < 4.78 is 1.97. The van der Waals surface area contributed by atoms with Crippen LogP contribution in [0.3, 0.4) is 0 Å². The fraction of sp³-hybridized carbons (Fsp3) is 0.824. The van der Waals surface area contributed by atoms with Crippen molar-refractivity contribution in [2.45, 2.75) is 59.8 Å². The Hall–Kier alpha value is -0.830. The van der Waals surface area contributed by atoms with E-state index in [1.807, 2.05) is 18.7 Å². The van der Waals surface area contributed by atoms with Crippen LogP contribution >= 0.6 is 0 Å². The summed E-state index contributed by atoms with van der Waals surface area (Å²) in [5.74, 6) is 0.787. The fourth-order valence-corrected chi connectivity index (χ4v) is 3.70. The standard InChI is InChI=1S/C17H30N2O/c1-13-10-15(19(5)18-13)11-17(12-20)8-6-14(7-9-17)16(2,3)4/h10,14,20H,6-9,11-12H2,1-5H3. The summed E-state index contributed by atoms with van der Waals surface area (Å²) in [6, 6.07) is 2.16. The van der Waals surface area contributed by atoms with Gasteiger partial charge >= 0.3 is 0 Å². The van der Waals surface area contributed by atoms with Gasteiger partial charge in [0.2, 0.25) is 0 Å². The third-order valence-corrected chi connectivity index (χ3v) is 5.26. The van der Waals surface area contributed by atoms with Gasteiger partial charge in [-0.15, -0.1) is 0 Å². The molecule has 0 unspecified atom stereocenters. The number of aliphatic hydroxyl groups is 1. The van der Waals surface area contributed by atoms with Crippen LogP contribution in [-0.2, 0) is 13.5 Å². The normalized spacial score (nSPS) is 27.8. The number of rotatable bonds is 3. The summed E-state index contributed by atoms with van der Waals surface area (Å²) in [5.41, 5.74) is 2.79. The van der Waals surface area contributed by atoms with Crippen molar-refractivity contribution in [3.05, 3.63) is 17.5 Å². The second-order valence-electron chi connectivity index (χ2n) is 7.88. The minimum Gasteiger partial charge on any atom is -0.396 e. The topological polar surface area (TPSA) is 38.0 Å². The molecule has 1 saturated carbocycles. The Labute approximate surface area is 123 Å². The van der Waals surface area contributed by atoms with E-state index >= 15 is 0 Å². The molecule has 0 aromatic carbocycles. The molecule has 3 nitrogen and oxygen atoms in total. The minimum atomic E-state index is 0.0714. The van der Waals surface area contributed by atoms with Crippen LogP contribution in [0.2, 0.25) is 0 Å². The van der Waals surface area contributed by atoms with E-state index in [0.29, 0.717) is 12.0 Å². The molecule has 114 valence electrons. The summed E-state index contributed by atoms with van der Waals surface area (Å²) in [7, 11) is 2.01. The van der Waals surface area contributed by atoms with E-state index in [2.05, 4.69) is 31.9 Å². The van der Waals surface area contributed by atoms with Gasteiger partial charge in [-0.2, -0.15) is 5.10 Å². The van der Waals surface area contributed by atoms with Gasteiger partial charge in [0.15, 0.2) is 0 Å². The first-order valence-electron chi connectivity index (χ1n) is 7.86. The summed E-state index contributed by atoms with van der Waals surface area (Å²) in [4.78, 5) is 0. The molecule has 1 fully saturated rings. The third-order valence-electron chi connectivity index (χ3n) is 5.26. The average Bonchev–Trinajstić information content (AvgIpc) is 2.67. The number of aryl methyl sites for hydroxylation is 2. The van der Waals surface area contributed by atoms with Gasteiger partial charge in [0, 0.05) is 19.3 Å². The zero-order valence-corrected chi connectivity index (χ0v) is 13.7. The molecule has 0 saturated heterocycles. The highest BCUT2D eigenvalue weighted by atomic mass is 16.3. The molecular weight excluding hydrogens is 248 g/mol. The van der Waals surface area contributed by atoms with Crippen LogP contribution in [0.1, 0.15) is 57.8 Å². The Morgan fingerprint density at radius 3 is 2.35 bits per heavy atom. The second kappa shape index (κ2) is 5.51. The lowest BCUT2D eigenvalue weighted by atomic mass is 9.63. The van der Waals surface area contributed by atoms with Crippen LogP contribution in [0.15, 0.2) is 6.07 Å². The van der Waals surface area contributed by atoms with Gasteiger partial charge in [-0.1, -0.05) is 20.8 Å². The average molecular weight is 278 g/mol. The Kier molecular flexibility index (Phi) is 4.29. The van der Waals surface area contributed by atoms with Crippen LogP contribution < -0.4 is 0 Å². The van der Waals surface area contributed by atoms with Crippen LogP contribution in [0.4, 0.5) is 0 Å². The molecule has 0 radical (unpaired) electrons. The van der Waals surface area contributed by atoms with Crippen molar-refractivity contribution >= 4 is 0 Å². The maximum absolute atomic E-state index is 9.96. The van der Waals surface area contributed by atoms with Crippen molar-refractivity contribution in [3.63, 3.8) is 0 Å². The molecule has 0 amide bonds. The Morgan fingerprint density at radius 2 is 1.95 bits per heavy atom. The molecule has 1 aromatic heterocycles. The lowest BCUT2D eigenvalue weighted by Crippen LogP contribution is -2.37. The number of aliphatic hydroxyl groups excluding tert-OH is 1. The van der Waals surface area contributed by atoms with E-state index in [-0.39, 0.29) is 5.41 Å². The van der Waals surface area contributed by atoms with Crippen molar-refractivity contribution in [2.75, 3.05) is 6.61 Å². The summed E-state index contributed by atoms with van der Waals surface area (Å²) in [6.07, 6.45) is 5.70. The predicted molar refractivity (Wildman–Crippen MR) is 82.6 cm³/mol. The van der Waals surface area contributed by atoms with Crippen molar-refractivity contribution in [3.8, 4) is 0 Å². The molecule has 1 heterocycles. The maximum Gasteiger partial charge on any atom is 0.0596 e. The maximum atomic E-state index is 9.96. The molecule has 0 spiro atoms. The highest BCUT2D eigenvalue weighted by molar-refractivity contribution is 5.11. The van der Waals surface area contributed by atoms with Gasteiger partial charge in [0.1, 0.15) is 0 Å². The number of hydrogen-bond donors (Lipinski definition) is 1. The number of hydrogen-bond acceptors (Lipinski definition) is 2. The van der Waals surface area contributed by atoms with Crippen molar-refractivity contribution in [1.82, 2.24) is 9.78 Å². The van der Waals surface area contributed by atoms with Crippen molar-refractivity contribution in [1.29, 1.82) is 0 Å². The predicted octanol–water partition coefficient (Wildman–Crippen LogP) is 3.49. The summed E-state index contributed by atoms with van der Waals surface area (Å²) in [6.45, 7) is 9.36. The van der Waals surface area contributed by atoms with Gasteiger partial charge in [-0.05, 0) is 61.8 Å². The van der Waals surface area contributed by atoms with E-state index in [1.165, 1.54) is 18.5 Å². The van der Waals surface area contributed by atoms with Crippen molar-refractivity contribution in [2.24, 2.45) is 23.8 Å². The van der Waals surface area contributed by atoms with Crippen LogP contribution in [0.5, 0.6) is 0 Å². The zero-order chi connectivity index (χ0) is 15.0. The zero-order valence-electron chi connectivity index (χ0n) is 13.7. The van der Waals surface area contributed by atoms with E-state index in [9.17, 15) is 5.11 Å². The molecule has 0 bridgehead atoms. The first kappa shape index (κ1) is 15.6. The summed E-state index contributed by atoms with van der Waals surface area (Å²) >= 11 is 0. The molecule has 1 N–H and O–H groups in total. The Morgan fingerprint density at radius 1 is 1.35 bits per heavy atom. The third kappa shape index (κ3) is 3.25. The monoisotopic (exact) mass is 278 g/mol. The number of nitrogens with zero attached hydrogens (tertiary/aromatic N) is 2. The largest absolute Gasteiger partial charge is 0.396 e. The van der Waals surface area contributed by atoms with Gasteiger partial charge in [-0.3, -0.25) is 4.68 Å². The first-order chi connectivity index (χ1) is 9.26. The molecule has 0 aliphatic heterocycles. The van der Waals surface area contributed by atoms with Crippen molar-refractivity contribution < 1.29 is 5.11 Å². The quantitative estimate of drug-likeness (QED) is 0.919. The molecule has 20 heavy (non-hydrogen) atoms. The highest BCUT2D eigenvalue weighted by Gasteiger charge is 2.38. The van der Waals surface area contributed by atoms with Crippen LogP contribution in [-0.4, -0.2) is 21.5 Å². The molecule has 0 atom stereocenters. The van der Waals surface area contributed by atoms with Crippen LogP contribution in [0.25, 0.3) is 0 Å². The van der Waals surface area contributed by atoms with Gasteiger partial charge in [-0.25, -0.2) is 0 Å². The molecule has 1 aliphatic carbocycles. The summed E-state index contributed by atoms with van der Waals surface area (Å²) in [5, 5.41) is 14.4. The lowest BCUT2D eigenvalue weighted by Gasteiger charge is -2.43. The van der Waals surface area contributed by atoms with E-state index in [0.717, 1.165) is 30.9 Å². The smallest absolute Gasteiger partial charge is 0.0596 e. The molecular formula is C17H30N2O. The first-order valence-corrected chi connectivity index (χ1v) is 7.86. The molecule has 1 aromatic rings. The molecule has 1 aliphatic rings. The van der Waals surface area contributed by atoms with E-state index in [4.69, 9.17) is 0 Å². The van der Waals surface area contributed by atoms with Gasteiger partial charge in [0.25, 0.3) is 0 Å². The Bertz CT molecular complexity index is 448. The van der Waals surface area contributed by atoms with Gasteiger partial charge in [0.05, 0.1) is 5.69 Å². The van der Waals surface area contributed by atoms with E-state index in [1.54, 1.807) is 0 Å². The molecule has 2 rings (SSSR count). The minimum absolute atomic E-state index is 0.0714. The van der Waals surface area contributed by atoms with Gasteiger partial charge < -0.3 is 5.11 Å². The van der Waals surface area contributed by atoms with E-state index < -0.39 is 0 Å². The highest BCUT2D eigenvalue weighted by Crippen LogP contribution is 2.46. The lowest BCUT2D eigenvalue weighted by molar-refractivity contribution is 0.0356. The fourth-order valence-electron chi connectivity index (χ4n) is 3.70. The number of aromatic nitrogens is 2. The SMILES string of the molecule is Cc1cc(CC2(CO)CCC(C(C)(C)C)CC2)n(C)n1. The Balaban J connectivity index is 2.07. The second-order valence-corrected chi connectivity index (χ2v) is 7.88. The molecule has 3 heteroatoms.